The Hall–Kier alpha value is -0.990. The lowest BCUT2D eigenvalue weighted by Crippen LogP contribution is -2.52. The van der Waals surface area contributed by atoms with Crippen LogP contribution >= 0.6 is 7.82 Å². The van der Waals surface area contributed by atoms with Gasteiger partial charge < -0.3 is 27.0 Å². The van der Waals surface area contributed by atoms with E-state index >= 15 is 0 Å². The summed E-state index contributed by atoms with van der Waals surface area (Å²) in [7, 11) is -4.31. The molecule has 0 aromatic carbocycles. The molecule has 238 valence electrons. The second-order valence-corrected chi connectivity index (χ2v) is 12.1. The van der Waals surface area contributed by atoms with Crippen LogP contribution in [-0.2, 0) is 32.7 Å². The number of unbranched alkanes of at least 4 members (excludes halogenated alkanes) is 17. The van der Waals surface area contributed by atoms with Crippen molar-refractivity contribution in [3.63, 3.8) is 0 Å². The number of hydrogen-bond donors (Lipinski definition) is 2. The van der Waals surface area contributed by atoms with Gasteiger partial charge in [-0.2, -0.15) is 6.42 Å². The minimum atomic E-state index is -4.31. The van der Waals surface area contributed by atoms with E-state index in [9.17, 15) is 19.0 Å². The molecule has 0 radical (unpaired) electrons. The molecule has 0 aromatic rings. The van der Waals surface area contributed by atoms with E-state index in [1.54, 1.807) is 0 Å². The Morgan fingerprint density at radius 3 is 1.70 bits per heavy atom. The van der Waals surface area contributed by atoms with Crippen LogP contribution in [0.4, 0.5) is 0 Å². The molecule has 9 nitrogen and oxygen atoms in total. The van der Waals surface area contributed by atoms with Gasteiger partial charge in [-0.15, -0.1) is 0 Å². The third-order valence-electron chi connectivity index (χ3n) is 6.67. The largest absolute Gasteiger partial charge is 0.472 e. The summed E-state index contributed by atoms with van der Waals surface area (Å²) in [6, 6.07) is 0. The number of ether oxygens (including phenoxy) is 2. The van der Waals surface area contributed by atoms with E-state index in [2.05, 4.69) is 19.6 Å². The lowest BCUT2D eigenvalue weighted by molar-refractivity contribution is -0.371. The van der Waals surface area contributed by atoms with Crippen molar-refractivity contribution in [1.82, 2.24) is 0 Å². The molecule has 0 aliphatic heterocycles. The predicted molar refractivity (Wildman–Crippen MR) is 158 cm³/mol. The maximum Gasteiger partial charge on any atom is 0.472 e. The maximum atomic E-state index is 12.4. The first-order valence-electron chi connectivity index (χ1n) is 15.9. The van der Waals surface area contributed by atoms with Gasteiger partial charge in [-0.3, -0.25) is 18.6 Å². The van der Waals surface area contributed by atoms with E-state index < -0.39 is 32.5 Å². The van der Waals surface area contributed by atoms with E-state index in [0.29, 0.717) is 19.4 Å². The topological polar surface area (TPSA) is 136 Å². The highest BCUT2D eigenvalue weighted by molar-refractivity contribution is 7.47. The van der Waals surface area contributed by atoms with Crippen LogP contribution in [-0.4, -0.2) is 49.3 Å². The molecule has 40 heavy (non-hydrogen) atoms. The van der Waals surface area contributed by atoms with Crippen LogP contribution in [0.1, 0.15) is 142 Å². The molecule has 2 atom stereocenters. The Bertz CT molecular complexity index is 649. The number of quaternary nitrogens is 1. The van der Waals surface area contributed by atoms with Crippen LogP contribution in [0.5, 0.6) is 0 Å². The first kappa shape index (κ1) is 39.0. The third kappa shape index (κ3) is 27.2. The summed E-state index contributed by atoms with van der Waals surface area (Å²) in [5.74, 6) is -0.853. The number of carbonyl (C=O) groups is 2. The monoisotopic (exact) mass is 593 g/mol. The fourth-order valence-electron chi connectivity index (χ4n) is 4.28. The minimum absolute atomic E-state index is 0.0420. The fraction of sp³-hybridized carbons (Fsp3) is 0.900. The van der Waals surface area contributed by atoms with E-state index in [1.807, 2.05) is 0 Å². The zero-order valence-corrected chi connectivity index (χ0v) is 26.3. The Kier molecular flexibility index (Phi) is 27.4. The Balaban J connectivity index is 4.12. The maximum absolute atomic E-state index is 12.4. The molecule has 10 heteroatoms. The SMILES string of the molecule is [CH2-]CCCCCC(=O)OC[C@H](COP(=O)(O)OCC[NH3+])OC(=O)CCCCCCCCCCCCCCCCC. The van der Waals surface area contributed by atoms with Crippen molar-refractivity contribution in [2.75, 3.05) is 26.4 Å². The molecular formula is C30H60NO8P. The van der Waals surface area contributed by atoms with E-state index in [-0.39, 0.29) is 26.1 Å². The summed E-state index contributed by atoms with van der Waals surface area (Å²) in [6.07, 6.45) is 21.5. The standard InChI is InChI=1S/C30H59NO8P/c1-3-5-7-9-10-11-12-13-14-15-16-17-18-19-21-23-30(33)39-28(27-38-40(34,35)37-25-24-31)26-36-29(32)22-20-8-6-4-2/h28H,2-27,31H2,1H3,(H,34,35)/q-1/p+1/t28-/m1/s1. The normalized spacial score (nSPS) is 13.6. The number of esters is 2. The molecule has 0 aliphatic rings. The average Bonchev–Trinajstić information content (AvgIpc) is 2.93. The average molecular weight is 594 g/mol. The first-order chi connectivity index (χ1) is 19.3. The van der Waals surface area contributed by atoms with Gasteiger partial charge in [-0.05, 0) is 12.8 Å². The molecule has 0 heterocycles. The molecule has 0 aromatic heterocycles. The lowest BCUT2D eigenvalue weighted by atomic mass is 10.0. The van der Waals surface area contributed by atoms with Crippen LogP contribution in [0.2, 0.25) is 0 Å². The molecule has 0 bridgehead atoms. The van der Waals surface area contributed by atoms with Gasteiger partial charge in [0.25, 0.3) is 0 Å². The highest BCUT2D eigenvalue weighted by Crippen LogP contribution is 2.43. The minimum Gasteiger partial charge on any atom is -0.462 e. The smallest absolute Gasteiger partial charge is 0.462 e. The van der Waals surface area contributed by atoms with Gasteiger partial charge in [-0.1, -0.05) is 110 Å². The van der Waals surface area contributed by atoms with Crippen molar-refractivity contribution < 1.29 is 43.3 Å². The molecule has 1 unspecified atom stereocenters. The summed E-state index contributed by atoms with van der Waals surface area (Å²) < 4.78 is 32.3. The second kappa shape index (κ2) is 28.1. The van der Waals surface area contributed by atoms with Crippen LogP contribution in [0.3, 0.4) is 0 Å². The Morgan fingerprint density at radius 2 is 1.20 bits per heavy atom. The summed E-state index contributed by atoms with van der Waals surface area (Å²) in [6.45, 7) is 5.64. The lowest BCUT2D eigenvalue weighted by Gasteiger charge is -2.19. The summed E-state index contributed by atoms with van der Waals surface area (Å²) >= 11 is 0. The van der Waals surface area contributed by atoms with Crippen molar-refractivity contribution in [2.45, 2.75) is 148 Å². The van der Waals surface area contributed by atoms with Gasteiger partial charge >= 0.3 is 19.8 Å². The number of rotatable bonds is 30. The van der Waals surface area contributed by atoms with Crippen LogP contribution in [0, 0.1) is 6.92 Å². The fourth-order valence-corrected chi connectivity index (χ4v) is 5.07. The summed E-state index contributed by atoms with van der Waals surface area (Å²) in [5, 5.41) is 0. The zero-order chi connectivity index (χ0) is 29.7. The van der Waals surface area contributed by atoms with Crippen molar-refractivity contribution in [1.29, 1.82) is 0 Å². The van der Waals surface area contributed by atoms with Gasteiger partial charge in [-0.25, -0.2) is 4.57 Å². The predicted octanol–water partition coefficient (Wildman–Crippen LogP) is 6.86. The molecule has 4 N–H and O–H groups in total. The van der Waals surface area contributed by atoms with Gasteiger partial charge in [0, 0.05) is 12.8 Å². The zero-order valence-electron chi connectivity index (χ0n) is 25.4. The summed E-state index contributed by atoms with van der Waals surface area (Å²) in [4.78, 5) is 34.1. The van der Waals surface area contributed by atoms with Crippen LogP contribution in [0.15, 0.2) is 0 Å². The van der Waals surface area contributed by atoms with Crippen molar-refractivity contribution in [2.24, 2.45) is 0 Å². The Morgan fingerprint density at radius 1 is 0.725 bits per heavy atom. The molecule has 0 aliphatic carbocycles. The van der Waals surface area contributed by atoms with Crippen molar-refractivity contribution >= 4 is 19.8 Å². The second-order valence-electron chi connectivity index (χ2n) is 10.6. The number of hydrogen-bond acceptors (Lipinski definition) is 7. The molecule has 0 saturated carbocycles. The molecule has 0 amide bonds. The molecule has 0 saturated heterocycles. The quantitative estimate of drug-likeness (QED) is 0.0399. The summed E-state index contributed by atoms with van der Waals surface area (Å²) in [5.41, 5.74) is 3.54. The van der Waals surface area contributed by atoms with Gasteiger partial charge in [0.2, 0.25) is 0 Å². The van der Waals surface area contributed by atoms with E-state index in [1.165, 1.54) is 77.0 Å². The van der Waals surface area contributed by atoms with Gasteiger partial charge in [0.05, 0.1) is 13.2 Å². The molecule has 0 fully saturated rings. The highest BCUT2D eigenvalue weighted by atomic mass is 31.2. The number of carbonyl (C=O) groups excluding carboxylic acids is 2. The van der Waals surface area contributed by atoms with Gasteiger partial charge in [0.15, 0.2) is 6.10 Å². The van der Waals surface area contributed by atoms with Crippen LogP contribution in [0.25, 0.3) is 0 Å². The highest BCUT2D eigenvalue weighted by Gasteiger charge is 2.26. The van der Waals surface area contributed by atoms with Crippen LogP contribution < -0.4 is 5.73 Å². The van der Waals surface area contributed by atoms with Gasteiger partial charge in [0.1, 0.15) is 13.2 Å². The van der Waals surface area contributed by atoms with Crippen molar-refractivity contribution in [3.8, 4) is 0 Å². The molecule has 0 spiro atoms. The first-order valence-corrected chi connectivity index (χ1v) is 17.4. The van der Waals surface area contributed by atoms with Crippen molar-refractivity contribution in [3.05, 3.63) is 6.92 Å². The molecular weight excluding hydrogens is 533 g/mol. The number of phosphoric ester groups is 1. The molecule has 0 rings (SSSR count). The Labute approximate surface area is 244 Å². The number of phosphoric acid groups is 1. The van der Waals surface area contributed by atoms with E-state index in [0.717, 1.165) is 32.1 Å². The van der Waals surface area contributed by atoms with E-state index in [4.69, 9.17) is 18.5 Å². The third-order valence-corrected chi connectivity index (χ3v) is 7.65.